The monoisotopic (exact) mass is 368 g/mol. The molecule has 1 aliphatic rings. The Morgan fingerprint density at radius 1 is 1.30 bits per heavy atom. The molecule has 1 aromatic carbocycles. The lowest BCUT2D eigenvalue weighted by atomic mass is 10.1. The fourth-order valence-electron chi connectivity index (χ4n) is 3.04. The summed E-state index contributed by atoms with van der Waals surface area (Å²) in [6, 6.07) is 11.0. The summed E-state index contributed by atoms with van der Waals surface area (Å²) >= 11 is 0. The number of piperazine rings is 1. The highest BCUT2D eigenvalue weighted by molar-refractivity contribution is 5.94. The number of pyridine rings is 1. The van der Waals surface area contributed by atoms with Crippen LogP contribution in [0.2, 0.25) is 0 Å². The number of rotatable bonds is 7. The van der Waals surface area contributed by atoms with Crippen LogP contribution >= 0.6 is 0 Å². The van der Waals surface area contributed by atoms with Crippen LogP contribution in [-0.2, 0) is 4.79 Å². The molecule has 2 aromatic rings. The van der Waals surface area contributed by atoms with Gasteiger partial charge >= 0.3 is 0 Å². The maximum Gasteiger partial charge on any atom is 0.251 e. The van der Waals surface area contributed by atoms with Crippen LogP contribution in [0.1, 0.15) is 16.8 Å². The minimum absolute atomic E-state index is 0.0647. The van der Waals surface area contributed by atoms with Gasteiger partial charge in [0.1, 0.15) is 11.4 Å². The van der Waals surface area contributed by atoms with E-state index in [0.717, 1.165) is 30.8 Å². The number of aromatic nitrogens is 1. The standard InChI is InChI=1S/C20H24N4O3/c1-27-17-4-2-9-22-19(17)15-5-7-16(8-6-15)20(26)23-10-3-12-24-13-11-21-18(25)14-24/h2,4-9H,3,10-14H2,1H3,(H,21,25)(H,23,26). The summed E-state index contributed by atoms with van der Waals surface area (Å²) < 4.78 is 5.33. The summed E-state index contributed by atoms with van der Waals surface area (Å²) in [7, 11) is 1.61. The van der Waals surface area contributed by atoms with Gasteiger partial charge in [0.15, 0.2) is 0 Å². The second-order valence-corrected chi connectivity index (χ2v) is 6.37. The van der Waals surface area contributed by atoms with Gasteiger partial charge in [0.25, 0.3) is 5.91 Å². The minimum atomic E-state index is -0.106. The molecule has 0 bridgehead atoms. The minimum Gasteiger partial charge on any atom is -0.494 e. The van der Waals surface area contributed by atoms with Gasteiger partial charge in [-0.3, -0.25) is 19.5 Å². The van der Waals surface area contributed by atoms with E-state index in [-0.39, 0.29) is 11.8 Å². The molecule has 27 heavy (non-hydrogen) atoms. The van der Waals surface area contributed by atoms with Crippen molar-refractivity contribution in [2.75, 3.05) is 39.8 Å². The third kappa shape index (κ3) is 5.04. The Bertz CT molecular complexity index is 792. The van der Waals surface area contributed by atoms with Crippen molar-refractivity contribution in [1.29, 1.82) is 0 Å². The highest BCUT2D eigenvalue weighted by Crippen LogP contribution is 2.27. The second-order valence-electron chi connectivity index (χ2n) is 6.37. The van der Waals surface area contributed by atoms with Crippen LogP contribution in [0.25, 0.3) is 11.3 Å². The van der Waals surface area contributed by atoms with Crippen molar-refractivity contribution in [3.63, 3.8) is 0 Å². The van der Waals surface area contributed by atoms with Gasteiger partial charge in [-0.2, -0.15) is 0 Å². The van der Waals surface area contributed by atoms with Crippen LogP contribution in [0.15, 0.2) is 42.6 Å². The molecule has 1 aromatic heterocycles. The van der Waals surface area contributed by atoms with Crippen molar-refractivity contribution in [3.05, 3.63) is 48.2 Å². The molecule has 1 aliphatic heterocycles. The Labute approximate surface area is 158 Å². The molecule has 7 nitrogen and oxygen atoms in total. The van der Waals surface area contributed by atoms with Gasteiger partial charge in [0.2, 0.25) is 5.91 Å². The quantitative estimate of drug-likeness (QED) is 0.720. The highest BCUT2D eigenvalue weighted by atomic mass is 16.5. The number of hydrogen-bond acceptors (Lipinski definition) is 5. The molecule has 142 valence electrons. The Balaban J connectivity index is 1.49. The summed E-state index contributed by atoms with van der Waals surface area (Å²) in [4.78, 5) is 30.1. The number of hydrogen-bond donors (Lipinski definition) is 2. The fourth-order valence-corrected chi connectivity index (χ4v) is 3.04. The Kier molecular flexibility index (Phi) is 6.38. The molecule has 7 heteroatoms. The first-order chi connectivity index (χ1) is 13.2. The van der Waals surface area contributed by atoms with E-state index in [2.05, 4.69) is 20.5 Å². The average molecular weight is 368 g/mol. The fraction of sp³-hybridized carbons (Fsp3) is 0.350. The van der Waals surface area contributed by atoms with Gasteiger partial charge in [-0.1, -0.05) is 12.1 Å². The van der Waals surface area contributed by atoms with Crippen molar-refractivity contribution in [2.45, 2.75) is 6.42 Å². The number of carbonyl (C=O) groups excluding carboxylic acids is 2. The molecule has 0 radical (unpaired) electrons. The van der Waals surface area contributed by atoms with Crippen LogP contribution < -0.4 is 15.4 Å². The van der Waals surface area contributed by atoms with Gasteiger partial charge in [-0.15, -0.1) is 0 Å². The maximum atomic E-state index is 12.3. The number of methoxy groups -OCH3 is 1. The van der Waals surface area contributed by atoms with E-state index in [4.69, 9.17) is 4.74 Å². The van der Waals surface area contributed by atoms with Crippen LogP contribution in [-0.4, -0.2) is 61.5 Å². The van der Waals surface area contributed by atoms with Gasteiger partial charge in [-0.05, 0) is 30.7 Å². The topological polar surface area (TPSA) is 83.6 Å². The van der Waals surface area contributed by atoms with E-state index in [9.17, 15) is 9.59 Å². The maximum absolute atomic E-state index is 12.3. The SMILES string of the molecule is COc1cccnc1-c1ccc(C(=O)NCCCN2CCNC(=O)C2)cc1. The van der Waals surface area contributed by atoms with Crippen LogP contribution in [0.5, 0.6) is 5.75 Å². The lowest BCUT2D eigenvalue weighted by molar-refractivity contribution is -0.124. The van der Waals surface area contributed by atoms with Crippen LogP contribution in [0, 0.1) is 0 Å². The normalized spacial score (nSPS) is 14.5. The number of nitrogens with one attached hydrogen (secondary N) is 2. The molecule has 1 fully saturated rings. The summed E-state index contributed by atoms with van der Waals surface area (Å²) in [6.07, 6.45) is 2.52. The summed E-state index contributed by atoms with van der Waals surface area (Å²) in [6.45, 7) is 3.36. The molecule has 0 aliphatic carbocycles. The van der Waals surface area contributed by atoms with E-state index in [1.807, 2.05) is 24.3 Å². The molecular formula is C20H24N4O3. The molecule has 2 N–H and O–H groups in total. The predicted molar refractivity (Wildman–Crippen MR) is 103 cm³/mol. The molecule has 2 amide bonds. The molecule has 0 spiro atoms. The van der Waals surface area contributed by atoms with Crippen molar-refractivity contribution in [3.8, 4) is 17.0 Å². The molecular weight excluding hydrogens is 344 g/mol. The zero-order chi connectivity index (χ0) is 19.1. The summed E-state index contributed by atoms with van der Waals surface area (Å²) in [5.74, 6) is 0.655. The van der Waals surface area contributed by atoms with Crippen molar-refractivity contribution in [2.24, 2.45) is 0 Å². The Morgan fingerprint density at radius 3 is 2.85 bits per heavy atom. The lowest BCUT2D eigenvalue weighted by Crippen LogP contribution is -2.48. The first kappa shape index (κ1) is 18.8. The van der Waals surface area contributed by atoms with E-state index in [1.54, 1.807) is 25.4 Å². The highest BCUT2D eigenvalue weighted by Gasteiger charge is 2.15. The van der Waals surface area contributed by atoms with E-state index >= 15 is 0 Å². The van der Waals surface area contributed by atoms with Crippen molar-refractivity contribution >= 4 is 11.8 Å². The van der Waals surface area contributed by atoms with Crippen molar-refractivity contribution in [1.82, 2.24) is 20.5 Å². The molecule has 0 atom stereocenters. The smallest absolute Gasteiger partial charge is 0.251 e. The zero-order valence-electron chi connectivity index (χ0n) is 15.4. The lowest BCUT2D eigenvalue weighted by Gasteiger charge is -2.26. The van der Waals surface area contributed by atoms with E-state index in [0.29, 0.717) is 30.9 Å². The molecule has 3 rings (SSSR count). The van der Waals surface area contributed by atoms with Gasteiger partial charge in [0, 0.05) is 43.5 Å². The van der Waals surface area contributed by atoms with Crippen molar-refractivity contribution < 1.29 is 14.3 Å². The average Bonchev–Trinajstić information content (AvgIpc) is 2.71. The summed E-state index contributed by atoms with van der Waals surface area (Å²) in [5.41, 5.74) is 2.25. The number of carbonyl (C=O) groups is 2. The number of benzene rings is 1. The number of amides is 2. The van der Waals surface area contributed by atoms with Crippen LogP contribution in [0.4, 0.5) is 0 Å². The zero-order valence-corrected chi connectivity index (χ0v) is 15.4. The number of nitrogens with zero attached hydrogens (tertiary/aromatic N) is 2. The third-order valence-electron chi connectivity index (χ3n) is 4.47. The Morgan fingerprint density at radius 2 is 2.11 bits per heavy atom. The van der Waals surface area contributed by atoms with Gasteiger partial charge < -0.3 is 15.4 Å². The largest absolute Gasteiger partial charge is 0.494 e. The van der Waals surface area contributed by atoms with Gasteiger partial charge in [0.05, 0.1) is 13.7 Å². The molecule has 0 unspecified atom stereocenters. The van der Waals surface area contributed by atoms with Crippen LogP contribution in [0.3, 0.4) is 0 Å². The summed E-state index contributed by atoms with van der Waals surface area (Å²) in [5, 5.41) is 5.73. The van der Waals surface area contributed by atoms with Gasteiger partial charge in [-0.25, -0.2) is 0 Å². The third-order valence-corrected chi connectivity index (χ3v) is 4.47. The molecule has 1 saturated heterocycles. The molecule has 0 saturated carbocycles. The second kappa shape index (κ2) is 9.14. The predicted octanol–water partition coefficient (Wildman–Crippen LogP) is 1.31. The van der Waals surface area contributed by atoms with E-state index in [1.165, 1.54) is 0 Å². The molecule has 2 heterocycles. The Hall–Kier alpha value is -2.93. The number of ether oxygens (including phenoxy) is 1. The first-order valence-electron chi connectivity index (χ1n) is 9.04. The van der Waals surface area contributed by atoms with E-state index < -0.39 is 0 Å². The first-order valence-corrected chi connectivity index (χ1v) is 9.04.